The molecule has 0 spiro atoms. The van der Waals surface area contributed by atoms with E-state index in [0.29, 0.717) is 29.5 Å². The van der Waals surface area contributed by atoms with Crippen molar-refractivity contribution >= 4 is 10.9 Å². The molecule has 0 bridgehead atoms. The van der Waals surface area contributed by atoms with Crippen LogP contribution in [-0.2, 0) is 0 Å². The fourth-order valence-corrected chi connectivity index (χ4v) is 4.54. The number of nitrogens with zero attached hydrogens (tertiary/aromatic N) is 2. The highest BCUT2D eigenvalue weighted by Gasteiger charge is 2.22. The van der Waals surface area contributed by atoms with Crippen LogP contribution in [0.15, 0.2) is 77.3 Å². The molecule has 5 rings (SSSR count). The molecule has 1 N–H and O–H groups in total. The first kappa shape index (κ1) is 21.6. The SMILES string of the molecule is O[C@@H](COc1ccc(-c2onc3cc(F)ccc23)cc1)CN1CCC(c2ccccc2)CC1. The third-order valence-electron chi connectivity index (χ3n) is 6.33. The second kappa shape index (κ2) is 9.73. The summed E-state index contributed by atoms with van der Waals surface area (Å²) in [5.41, 5.74) is 2.73. The summed E-state index contributed by atoms with van der Waals surface area (Å²) in [6, 6.07) is 22.5. The largest absolute Gasteiger partial charge is 0.491 e. The van der Waals surface area contributed by atoms with Crippen LogP contribution in [0.4, 0.5) is 4.39 Å². The van der Waals surface area contributed by atoms with E-state index >= 15 is 0 Å². The van der Waals surface area contributed by atoms with Gasteiger partial charge in [0.05, 0.1) is 0 Å². The molecule has 1 aromatic heterocycles. The molecule has 1 fully saturated rings. The van der Waals surface area contributed by atoms with Crippen LogP contribution in [0.1, 0.15) is 24.3 Å². The maximum absolute atomic E-state index is 13.4. The molecule has 3 aromatic carbocycles. The van der Waals surface area contributed by atoms with Gasteiger partial charge in [0.25, 0.3) is 0 Å². The topological polar surface area (TPSA) is 58.7 Å². The number of halogens is 1. The highest BCUT2D eigenvalue weighted by atomic mass is 19.1. The Bertz CT molecular complexity index is 1190. The number of aromatic nitrogens is 1. The van der Waals surface area contributed by atoms with Crippen LogP contribution in [0.3, 0.4) is 0 Å². The third-order valence-corrected chi connectivity index (χ3v) is 6.33. The van der Waals surface area contributed by atoms with E-state index in [0.717, 1.165) is 36.9 Å². The van der Waals surface area contributed by atoms with Crippen LogP contribution in [0.5, 0.6) is 5.75 Å². The van der Waals surface area contributed by atoms with Gasteiger partial charge in [-0.3, -0.25) is 0 Å². The summed E-state index contributed by atoms with van der Waals surface area (Å²) < 4.78 is 24.6. The van der Waals surface area contributed by atoms with Crippen molar-refractivity contribution < 1.29 is 18.8 Å². The predicted molar refractivity (Wildman–Crippen MR) is 126 cm³/mol. The van der Waals surface area contributed by atoms with Crippen LogP contribution in [0, 0.1) is 5.82 Å². The fraction of sp³-hybridized carbons (Fsp3) is 0.296. The number of benzene rings is 3. The molecule has 1 saturated heterocycles. The Hall–Kier alpha value is -3.22. The second-order valence-corrected chi connectivity index (χ2v) is 8.65. The van der Waals surface area contributed by atoms with Gasteiger partial charge in [0.2, 0.25) is 0 Å². The molecule has 0 radical (unpaired) electrons. The Kier molecular flexibility index (Phi) is 6.37. The molecule has 0 saturated carbocycles. The Balaban J connectivity index is 1.11. The van der Waals surface area contributed by atoms with Crippen molar-refractivity contribution in [2.24, 2.45) is 0 Å². The highest BCUT2D eigenvalue weighted by Crippen LogP contribution is 2.30. The van der Waals surface area contributed by atoms with Gasteiger partial charge in [-0.1, -0.05) is 35.5 Å². The highest BCUT2D eigenvalue weighted by molar-refractivity contribution is 5.91. The summed E-state index contributed by atoms with van der Waals surface area (Å²) in [6.45, 7) is 2.82. The number of fused-ring (bicyclic) bond motifs is 1. The number of rotatable bonds is 7. The number of ether oxygens (including phenoxy) is 1. The minimum absolute atomic E-state index is 0.239. The molecule has 170 valence electrons. The first-order valence-corrected chi connectivity index (χ1v) is 11.4. The first-order chi connectivity index (χ1) is 16.2. The standard InChI is InChI=1S/C27H27FN2O3/c28-22-8-11-25-26(16-22)29-33-27(25)21-6-9-24(10-7-21)32-18-23(31)17-30-14-12-20(13-15-30)19-4-2-1-3-5-19/h1-11,16,20,23,31H,12-15,17-18H2/t23-/m1/s1. The van der Waals surface area contributed by atoms with Gasteiger partial charge >= 0.3 is 0 Å². The maximum Gasteiger partial charge on any atom is 0.174 e. The third kappa shape index (κ3) is 5.07. The summed E-state index contributed by atoms with van der Waals surface area (Å²) in [4.78, 5) is 2.31. The van der Waals surface area contributed by atoms with Gasteiger partial charge in [-0.05, 0) is 73.8 Å². The van der Waals surface area contributed by atoms with E-state index in [-0.39, 0.29) is 12.4 Å². The monoisotopic (exact) mass is 446 g/mol. The van der Waals surface area contributed by atoms with Crippen molar-refractivity contribution in [3.63, 3.8) is 0 Å². The molecule has 33 heavy (non-hydrogen) atoms. The van der Waals surface area contributed by atoms with E-state index in [1.165, 1.54) is 17.7 Å². The zero-order valence-corrected chi connectivity index (χ0v) is 18.4. The van der Waals surface area contributed by atoms with E-state index < -0.39 is 6.10 Å². The van der Waals surface area contributed by atoms with E-state index in [1.807, 2.05) is 24.3 Å². The average molecular weight is 447 g/mol. The van der Waals surface area contributed by atoms with Crippen molar-refractivity contribution in [3.8, 4) is 17.1 Å². The van der Waals surface area contributed by atoms with E-state index in [4.69, 9.17) is 9.26 Å². The van der Waals surface area contributed by atoms with Gasteiger partial charge in [-0.15, -0.1) is 0 Å². The van der Waals surface area contributed by atoms with Crippen LogP contribution in [-0.4, -0.2) is 47.5 Å². The van der Waals surface area contributed by atoms with Crippen LogP contribution < -0.4 is 4.74 Å². The minimum atomic E-state index is -0.550. The number of hydrogen-bond acceptors (Lipinski definition) is 5. The van der Waals surface area contributed by atoms with Gasteiger partial charge < -0.3 is 19.3 Å². The molecule has 0 aliphatic carbocycles. The molecule has 1 aliphatic heterocycles. The summed E-state index contributed by atoms with van der Waals surface area (Å²) in [5.74, 6) is 1.53. The number of likely N-dealkylation sites (tertiary alicyclic amines) is 1. The molecule has 4 aromatic rings. The molecular formula is C27H27FN2O3. The number of piperidine rings is 1. The summed E-state index contributed by atoms with van der Waals surface area (Å²) >= 11 is 0. The quantitative estimate of drug-likeness (QED) is 0.420. The van der Waals surface area contributed by atoms with Crippen LogP contribution in [0.2, 0.25) is 0 Å². The molecule has 5 nitrogen and oxygen atoms in total. The summed E-state index contributed by atoms with van der Waals surface area (Å²) in [6.07, 6.45) is 1.68. The maximum atomic E-state index is 13.4. The lowest BCUT2D eigenvalue weighted by Gasteiger charge is -2.33. The molecule has 6 heteroatoms. The van der Waals surface area contributed by atoms with Crippen molar-refractivity contribution in [2.75, 3.05) is 26.2 Å². The van der Waals surface area contributed by atoms with Crippen LogP contribution in [0.25, 0.3) is 22.2 Å². The number of hydrogen-bond donors (Lipinski definition) is 1. The van der Waals surface area contributed by atoms with Crippen molar-refractivity contribution in [2.45, 2.75) is 24.9 Å². The molecular weight excluding hydrogens is 419 g/mol. The van der Waals surface area contributed by atoms with Crippen molar-refractivity contribution in [1.29, 1.82) is 0 Å². The molecule has 1 atom stereocenters. The van der Waals surface area contributed by atoms with Crippen molar-refractivity contribution in [3.05, 3.63) is 84.2 Å². The van der Waals surface area contributed by atoms with E-state index in [1.54, 1.807) is 6.07 Å². The number of aliphatic hydroxyl groups is 1. The van der Waals surface area contributed by atoms with Gasteiger partial charge in [-0.25, -0.2) is 4.39 Å². The van der Waals surface area contributed by atoms with E-state index in [2.05, 4.69) is 40.4 Å². The Morgan fingerprint density at radius 3 is 2.55 bits per heavy atom. The van der Waals surface area contributed by atoms with Gasteiger partial charge in [0.15, 0.2) is 5.76 Å². The lowest BCUT2D eigenvalue weighted by atomic mass is 9.89. The average Bonchev–Trinajstić information content (AvgIpc) is 3.27. The normalized spacial score (nSPS) is 16.2. The molecule has 0 unspecified atom stereocenters. The molecule has 0 amide bonds. The van der Waals surface area contributed by atoms with Gasteiger partial charge in [-0.2, -0.15) is 0 Å². The Labute approximate surface area is 192 Å². The van der Waals surface area contributed by atoms with Gasteiger partial charge in [0, 0.05) is 23.6 Å². The number of β-amino-alcohol motifs (C(OH)–C–C–N with tert-alkyl or cyclic N) is 1. The Morgan fingerprint density at radius 2 is 1.79 bits per heavy atom. The fourth-order valence-electron chi connectivity index (χ4n) is 4.54. The number of aliphatic hydroxyl groups excluding tert-OH is 1. The second-order valence-electron chi connectivity index (χ2n) is 8.65. The molecule has 2 heterocycles. The Morgan fingerprint density at radius 1 is 1.03 bits per heavy atom. The minimum Gasteiger partial charge on any atom is -0.491 e. The summed E-state index contributed by atoms with van der Waals surface area (Å²) in [5, 5.41) is 15.2. The predicted octanol–water partition coefficient (Wildman–Crippen LogP) is 5.25. The smallest absolute Gasteiger partial charge is 0.174 e. The van der Waals surface area contributed by atoms with Gasteiger partial charge in [0.1, 0.15) is 29.8 Å². The van der Waals surface area contributed by atoms with E-state index in [9.17, 15) is 9.50 Å². The van der Waals surface area contributed by atoms with Crippen molar-refractivity contribution in [1.82, 2.24) is 10.1 Å². The molecule has 1 aliphatic rings. The zero-order valence-electron chi connectivity index (χ0n) is 18.4. The van der Waals surface area contributed by atoms with Crippen LogP contribution >= 0.6 is 0 Å². The summed E-state index contributed by atoms with van der Waals surface area (Å²) in [7, 11) is 0. The first-order valence-electron chi connectivity index (χ1n) is 11.4. The zero-order chi connectivity index (χ0) is 22.6. The lowest BCUT2D eigenvalue weighted by molar-refractivity contribution is 0.0594. The lowest BCUT2D eigenvalue weighted by Crippen LogP contribution is -2.40.